The van der Waals surface area contributed by atoms with Gasteiger partial charge in [-0.25, -0.2) is 9.18 Å². The Labute approximate surface area is 207 Å². The van der Waals surface area contributed by atoms with E-state index in [1.807, 2.05) is 0 Å². The molecule has 0 radical (unpaired) electrons. The summed E-state index contributed by atoms with van der Waals surface area (Å²) in [5.41, 5.74) is -1.95. The molecule has 3 aromatic rings. The third-order valence-electron chi connectivity index (χ3n) is 5.34. The van der Waals surface area contributed by atoms with Gasteiger partial charge in [-0.1, -0.05) is 0 Å². The topological polar surface area (TPSA) is 127 Å². The number of rotatable bonds is 8. The fraction of sp³-hybridized carbons (Fsp3) is 0.261. The summed E-state index contributed by atoms with van der Waals surface area (Å²) >= 11 is 0. The predicted molar refractivity (Wildman–Crippen MR) is 120 cm³/mol. The van der Waals surface area contributed by atoms with Crippen LogP contribution in [0.25, 0.3) is 0 Å². The molecule has 1 aliphatic carbocycles. The summed E-state index contributed by atoms with van der Waals surface area (Å²) in [4.78, 5) is 36.6. The zero-order valence-corrected chi connectivity index (χ0v) is 19.2. The zero-order valence-electron chi connectivity index (χ0n) is 19.2. The minimum atomic E-state index is -4.75. The molecule has 1 saturated carbocycles. The quantitative estimate of drug-likeness (QED) is 0.384. The number of benzene rings is 1. The molecule has 0 spiro atoms. The van der Waals surface area contributed by atoms with Crippen LogP contribution in [0.4, 0.5) is 33.7 Å². The second kappa shape index (κ2) is 10.2. The summed E-state index contributed by atoms with van der Waals surface area (Å²) in [5, 5.41) is 7.76. The Morgan fingerprint density at radius 1 is 1.05 bits per heavy atom. The lowest BCUT2D eigenvalue weighted by Gasteiger charge is -2.17. The molecule has 3 N–H and O–H groups in total. The van der Waals surface area contributed by atoms with Crippen LogP contribution < -0.4 is 25.4 Å². The molecule has 2 aromatic heterocycles. The first-order chi connectivity index (χ1) is 17.6. The molecule has 4 rings (SSSR count). The fourth-order valence-corrected chi connectivity index (χ4v) is 3.28. The van der Waals surface area contributed by atoms with Crippen LogP contribution in [0.2, 0.25) is 0 Å². The van der Waals surface area contributed by atoms with E-state index in [1.165, 1.54) is 37.8 Å². The van der Waals surface area contributed by atoms with E-state index >= 15 is 0 Å². The first-order valence-corrected chi connectivity index (χ1v) is 10.8. The van der Waals surface area contributed by atoms with Gasteiger partial charge in [-0.2, -0.15) is 23.1 Å². The average Bonchev–Trinajstić information content (AvgIpc) is 3.64. The van der Waals surface area contributed by atoms with Crippen molar-refractivity contribution in [1.82, 2.24) is 25.6 Å². The number of ether oxygens (including phenoxy) is 2. The lowest BCUT2D eigenvalue weighted by atomic mass is 10.1. The molecule has 0 atom stereocenters. The highest BCUT2D eigenvalue weighted by molar-refractivity contribution is 5.93. The number of aromatic nitrogens is 3. The third-order valence-corrected chi connectivity index (χ3v) is 5.34. The van der Waals surface area contributed by atoms with Gasteiger partial charge in [0.25, 0.3) is 0 Å². The van der Waals surface area contributed by atoms with E-state index in [-0.39, 0.29) is 29.7 Å². The Balaban J connectivity index is 1.30. The number of halogens is 4. The maximum Gasteiger partial charge on any atom is 0.418 e. The summed E-state index contributed by atoms with van der Waals surface area (Å²) in [6.07, 6.45) is -1.02. The van der Waals surface area contributed by atoms with Crippen molar-refractivity contribution in [3.05, 3.63) is 66.0 Å². The number of methoxy groups -OCH3 is 1. The normalized spacial score (nSPS) is 13.9. The molecule has 0 saturated heterocycles. The van der Waals surface area contributed by atoms with Gasteiger partial charge < -0.3 is 25.4 Å². The standard InChI is InChI=1S/C23H20F4N6O4/c1-36-20-30-11-16(12-31-20)37-21(35)33-22(6-7-22)19(34)29-9-14-3-4-15(10-28-14)32-18-5-2-13(24)8-17(18)23(25,26)27/h2-5,8,10-12,32H,6-7,9H2,1H3,(H,29,34)(H,33,35). The van der Waals surface area contributed by atoms with Crippen LogP contribution >= 0.6 is 0 Å². The van der Waals surface area contributed by atoms with Crippen molar-refractivity contribution in [2.75, 3.05) is 12.4 Å². The zero-order chi connectivity index (χ0) is 26.6. The molecule has 0 aliphatic heterocycles. The Bertz CT molecular complexity index is 1280. The number of carbonyl (C=O) groups excluding carboxylic acids is 2. The second-order valence-corrected chi connectivity index (χ2v) is 8.04. The monoisotopic (exact) mass is 520 g/mol. The van der Waals surface area contributed by atoms with Crippen molar-refractivity contribution in [3.8, 4) is 11.8 Å². The Morgan fingerprint density at radius 3 is 2.38 bits per heavy atom. The fourth-order valence-electron chi connectivity index (χ4n) is 3.28. The summed E-state index contributed by atoms with van der Waals surface area (Å²) in [7, 11) is 1.39. The summed E-state index contributed by atoms with van der Waals surface area (Å²) in [5.74, 6) is -1.39. The number of hydrogen-bond acceptors (Lipinski definition) is 8. The number of pyridine rings is 1. The number of nitrogens with one attached hydrogen (secondary N) is 3. The molecule has 14 heteroatoms. The van der Waals surface area contributed by atoms with Gasteiger partial charge in [0.2, 0.25) is 5.91 Å². The van der Waals surface area contributed by atoms with Gasteiger partial charge in [0.1, 0.15) is 11.4 Å². The predicted octanol–water partition coefficient (Wildman–Crippen LogP) is 3.72. The van der Waals surface area contributed by atoms with Crippen molar-refractivity contribution < 1.29 is 36.6 Å². The molecule has 2 heterocycles. The minimum Gasteiger partial charge on any atom is -0.467 e. The van der Waals surface area contributed by atoms with Crippen LogP contribution in [-0.2, 0) is 17.5 Å². The first-order valence-electron chi connectivity index (χ1n) is 10.8. The summed E-state index contributed by atoms with van der Waals surface area (Å²) in [6, 6.07) is 5.38. The molecular formula is C23H20F4N6O4. The maximum absolute atomic E-state index is 13.3. The first kappa shape index (κ1) is 25.6. The van der Waals surface area contributed by atoms with Gasteiger partial charge in [0.05, 0.1) is 54.9 Å². The van der Waals surface area contributed by atoms with E-state index in [2.05, 4.69) is 30.9 Å². The van der Waals surface area contributed by atoms with Gasteiger partial charge in [-0.05, 0) is 43.2 Å². The largest absolute Gasteiger partial charge is 0.467 e. The molecule has 1 fully saturated rings. The SMILES string of the molecule is COc1ncc(OC(=O)NC2(C(=O)NCc3ccc(Nc4ccc(F)cc4C(F)(F)F)cn3)CC2)cn1. The van der Waals surface area contributed by atoms with Crippen LogP contribution in [0.5, 0.6) is 11.8 Å². The van der Waals surface area contributed by atoms with Crippen molar-refractivity contribution in [3.63, 3.8) is 0 Å². The molecule has 194 valence electrons. The number of carbonyl (C=O) groups is 2. The number of alkyl halides is 3. The lowest BCUT2D eigenvalue weighted by Crippen LogP contribution is -2.49. The van der Waals surface area contributed by atoms with Gasteiger partial charge in [-0.3, -0.25) is 9.78 Å². The van der Waals surface area contributed by atoms with Crippen molar-refractivity contribution in [1.29, 1.82) is 0 Å². The van der Waals surface area contributed by atoms with Crippen molar-refractivity contribution in [2.45, 2.75) is 31.1 Å². The highest BCUT2D eigenvalue weighted by Crippen LogP contribution is 2.37. The van der Waals surface area contributed by atoms with E-state index in [0.717, 1.165) is 12.1 Å². The smallest absolute Gasteiger partial charge is 0.418 e. The van der Waals surface area contributed by atoms with Crippen LogP contribution in [-0.4, -0.2) is 39.6 Å². The van der Waals surface area contributed by atoms with Crippen LogP contribution in [0.15, 0.2) is 48.9 Å². The minimum absolute atomic E-state index is 0.00819. The summed E-state index contributed by atoms with van der Waals surface area (Å²) < 4.78 is 62.7. The van der Waals surface area contributed by atoms with E-state index < -0.39 is 35.1 Å². The van der Waals surface area contributed by atoms with E-state index in [9.17, 15) is 27.2 Å². The highest BCUT2D eigenvalue weighted by atomic mass is 19.4. The Kier molecular flexibility index (Phi) is 7.09. The molecular weight excluding hydrogens is 500 g/mol. The average molecular weight is 520 g/mol. The molecule has 2 amide bonds. The lowest BCUT2D eigenvalue weighted by molar-refractivity contribution is -0.137. The summed E-state index contributed by atoms with van der Waals surface area (Å²) in [6.45, 7) is 0.00819. The molecule has 1 aliphatic rings. The number of hydrogen-bond donors (Lipinski definition) is 3. The van der Waals surface area contributed by atoms with Crippen molar-refractivity contribution in [2.24, 2.45) is 0 Å². The van der Waals surface area contributed by atoms with E-state index in [0.29, 0.717) is 24.6 Å². The van der Waals surface area contributed by atoms with Gasteiger partial charge >= 0.3 is 18.3 Å². The van der Waals surface area contributed by atoms with E-state index in [4.69, 9.17) is 9.47 Å². The van der Waals surface area contributed by atoms with Crippen LogP contribution in [0.3, 0.4) is 0 Å². The number of anilines is 2. The van der Waals surface area contributed by atoms with Crippen molar-refractivity contribution >= 4 is 23.4 Å². The molecule has 0 bridgehead atoms. The van der Waals surface area contributed by atoms with Crippen LogP contribution in [0.1, 0.15) is 24.1 Å². The highest BCUT2D eigenvalue weighted by Gasteiger charge is 2.51. The molecule has 37 heavy (non-hydrogen) atoms. The molecule has 10 nitrogen and oxygen atoms in total. The Hall–Kier alpha value is -4.49. The van der Waals surface area contributed by atoms with E-state index in [1.54, 1.807) is 0 Å². The van der Waals surface area contributed by atoms with Gasteiger partial charge in [0, 0.05) is 0 Å². The number of amides is 2. The third kappa shape index (κ3) is 6.39. The second-order valence-electron chi connectivity index (χ2n) is 8.04. The van der Waals surface area contributed by atoms with Gasteiger partial charge in [-0.15, -0.1) is 0 Å². The number of nitrogens with zero attached hydrogens (tertiary/aromatic N) is 3. The van der Waals surface area contributed by atoms with Gasteiger partial charge in [0.15, 0.2) is 5.75 Å². The maximum atomic E-state index is 13.3. The molecule has 1 aromatic carbocycles. The Morgan fingerprint density at radius 2 is 1.78 bits per heavy atom. The van der Waals surface area contributed by atoms with Crippen LogP contribution in [0, 0.1) is 5.82 Å². The molecule has 0 unspecified atom stereocenters.